The smallest absolute Gasteiger partial charge is 0.218 e. The molecule has 3 rings (SSSR count). The van der Waals surface area contributed by atoms with Crippen molar-refractivity contribution in [2.75, 3.05) is 26.2 Å². The van der Waals surface area contributed by atoms with Gasteiger partial charge in [-0.25, -0.2) is 17.1 Å². The van der Waals surface area contributed by atoms with Gasteiger partial charge >= 0.3 is 0 Å². The summed E-state index contributed by atoms with van der Waals surface area (Å²) in [6.07, 6.45) is 3.07. The summed E-state index contributed by atoms with van der Waals surface area (Å²) in [6, 6.07) is 5.71. The highest BCUT2D eigenvalue weighted by Gasteiger charge is 2.41. The van der Waals surface area contributed by atoms with Crippen LogP contribution in [0.1, 0.15) is 24.8 Å². The molecule has 0 bridgehead atoms. The Morgan fingerprint density at radius 2 is 2.00 bits per heavy atom. The van der Waals surface area contributed by atoms with E-state index in [1.54, 1.807) is 16.4 Å². The monoisotopic (exact) mass is 312 g/mol. The van der Waals surface area contributed by atoms with Gasteiger partial charge in [0, 0.05) is 19.6 Å². The number of piperidine rings is 1. The number of nitrogens with zero attached hydrogens (tertiary/aromatic N) is 1. The molecule has 21 heavy (non-hydrogen) atoms. The first-order valence-electron chi connectivity index (χ1n) is 7.42. The van der Waals surface area contributed by atoms with Crippen molar-refractivity contribution in [3.05, 3.63) is 35.6 Å². The molecule has 2 fully saturated rings. The Bertz CT molecular complexity index is 595. The summed E-state index contributed by atoms with van der Waals surface area (Å²) in [5.74, 6) is -0.387. The minimum absolute atomic E-state index is 0.0449. The van der Waals surface area contributed by atoms with Crippen LogP contribution in [0.2, 0.25) is 0 Å². The molecule has 1 aromatic carbocycles. The van der Waals surface area contributed by atoms with Gasteiger partial charge in [-0.05, 0) is 48.9 Å². The van der Waals surface area contributed by atoms with E-state index in [0.717, 1.165) is 32.4 Å². The lowest BCUT2D eigenvalue weighted by Gasteiger charge is -2.39. The Balaban J connectivity index is 1.73. The van der Waals surface area contributed by atoms with Crippen LogP contribution in [0.5, 0.6) is 0 Å². The average Bonchev–Trinajstić information content (AvgIpc) is 2.89. The van der Waals surface area contributed by atoms with Gasteiger partial charge in [-0.15, -0.1) is 0 Å². The van der Waals surface area contributed by atoms with Crippen LogP contribution < -0.4 is 5.32 Å². The zero-order chi connectivity index (χ0) is 14.9. The summed E-state index contributed by atoms with van der Waals surface area (Å²) >= 11 is 0. The molecule has 116 valence electrons. The van der Waals surface area contributed by atoms with E-state index in [1.165, 1.54) is 12.1 Å². The van der Waals surface area contributed by atoms with Crippen molar-refractivity contribution in [1.82, 2.24) is 9.62 Å². The number of nitrogens with one attached hydrogen (secondary N) is 1. The number of benzene rings is 1. The Hall–Kier alpha value is -0.980. The summed E-state index contributed by atoms with van der Waals surface area (Å²) in [5.41, 5.74) is 0.759. The third kappa shape index (κ3) is 3.27. The standard InChI is InChI=1S/C15H21FN2O2S/c16-14-4-2-13(3-5-14)10-21(19,20)18-9-1-6-15(12-18)7-8-17-11-15/h2-5,17H,1,6-12H2/t15-/m1/s1. The minimum atomic E-state index is -3.33. The number of rotatable bonds is 3. The first-order chi connectivity index (χ1) is 9.99. The molecule has 0 saturated carbocycles. The lowest BCUT2D eigenvalue weighted by molar-refractivity contribution is 0.166. The van der Waals surface area contributed by atoms with Gasteiger partial charge in [0.15, 0.2) is 0 Å². The molecule has 0 radical (unpaired) electrons. The third-order valence-corrected chi connectivity index (χ3v) is 6.41. The topological polar surface area (TPSA) is 49.4 Å². The second-order valence-corrected chi connectivity index (χ2v) is 8.22. The third-order valence-electron chi connectivity index (χ3n) is 4.61. The maximum Gasteiger partial charge on any atom is 0.218 e. The lowest BCUT2D eigenvalue weighted by atomic mass is 9.80. The molecule has 0 aromatic heterocycles. The highest BCUT2D eigenvalue weighted by atomic mass is 32.2. The molecule has 4 nitrogen and oxygen atoms in total. The minimum Gasteiger partial charge on any atom is -0.316 e. The molecule has 0 amide bonds. The van der Waals surface area contributed by atoms with Crippen LogP contribution in [-0.4, -0.2) is 38.9 Å². The maximum absolute atomic E-state index is 12.9. The maximum atomic E-state index is 12.9. The molecule has 1 spiro atoms. The Morgan fingerprint density at radius 1 is 1.24 bits per heavy atom. The van der Waals surface area contributed by atoms with Crippen molar-refractivity contribution < 1.29 is 12.8 Å². The van der Waals surface area contributed by atoms with E-state index < -0.39 is 10.0 Å². The molecular formula is C15H21FN2O2S. The zero-order valence-electron chi connectivity index (χ0n) is 12.0. The first-order valence-corrected chi connectivity index (χ1v) is 9.03. The Morgan fingerprint density at radius 3 is 2.67 bits per heavy atom. The molecule has 2 aliphatic rings. The van der Waals surface area contributed by atoms with Crippen LogP contribution in [0.4, 0.5) is 4.39 Å². The Labute approximate surface area is 125 Å². The number of hydrogen-bond donors (Lipinski definition) is 1. The Kier molecular flexibility index (Phi) is 4.03. The molecule has 6 heteroatoms. The van der Waals surface area contributed by atoms with Gasteiger partial charge in [0.25, 0.3) is 0 Å². The first kappa shape index (κ1) is 14.9. The molecular weight excluding hydrogens is 291 g/mol. The van der Waals surface area contributed by atoms with Crippen LogP contribution in [-0.2, 0) is 15.8 Å². The average molecular weight is 312 g/mol. The van der Waals surface area contributed by atoms with E-state index in [9.17, 15) is 12.8 Å². The normalized spacial score (nSPS) is 27.3. The molecule has 0 aliphatic carbocycles. The largest absolute Gasteiger partial charge is 0.316 e. The second kappa shape index (κ2) is 5.66. The fourth-order valence-electron chi connectivity index (χ4n) is 3.43. The van der Waals surface area contributed by atoms with Gasteiger partial charge in [0.1, 0.15) is 5.82 Å². The van der Waals surface area contributed by atoms with Crippen molar-refractivity contribution in [2.45, 2.75) is 25.0 Å². The van der Waals surface area contributed by atoms with Crippen LogP contribution in [0.25, 0.3) is 0 Å². The highest BCUT2D eigenvalue weighted by Crippen LogP contribution is 2.36. The summed E-state index contributed by atoms with van der Waals surface area (Å²) in [6.45, 7) is 3.11. The molecule has 2 saturated heterocycles. The molecule has 2 heterocycles. The van der Waals surface area contributed by atoms with Gasteiger partial charge in [-0.3, -0.25) is 0 Å². The zero-order valence-corrected chi connectivity index (χ0v) is 12.8. The summed E-state index contributed by atoms with van der Waals surface area (Å²) in [5, 5.41) is 3.35. The molecule has 2 aliphatic heterocycles. The number of hydrogen-bond acceptors (Lipinski definition) is 3. The van der Waals surface area contributed by atoms with Crippen LogP contribution in [0, 0.1) is 11.2 Å². The fourth-order valence-corrected chi connectivity index (χ4v) is 5.10. The van der Waals surface area contributed by atoms with Crippen molar-refractivity contribution in [2.24, 2.45) is 5.41 Å². The van der Waals surface area contributed by atoms with E-state index in [1.807, 2.05) is 0 Å². The quantitative estimate of drug-likeness (QED) is 0.925. The number of sulfonamides is 1. The number of halogens is 1. The molecule has 1 N–H and O–H groups in total. The van der Waals surface area contributed by atoms with Gasteiger partial charge in [-0.2, -0.15) is 0 Å². The summed E-state index contributed by atoms with van der Waals surface area (Å²) in [7, 11) is -3.33. The highest BCUT2D eigenvalue weighted by molar-refractivity contribution is 7.88. The van der Waals surface area contributed by atoms with E-state index in [2.05, 4.69) is 5.32 Å². The van der Waals surface area contributed by atoms with Crippen molar-refractivity contribution >= 4 is 10.0 Å². The predicted octanol–water partition coefficient (Wildman–Crippen LogP) is 1.73. The van der Waals surface area contributed by atoms with Crippen molar-refractivity contribution in [1.29, 1.82) is 0 Å². The van der Waals surface area contributed by atoms with Crippen LogP contribution in [0.3, 0.4) is 0 Å². The second-order valence-electron chi connectivity index (χ2n) is 6.25. The van der Waals surface area contributed by atoms with E-state index >= 15 is 0 Å². The molecule has 1 atom stereocenters. The van der Waals surface area contributed by atoms with E-state index in [4.69, 9.17) is 0 Å². The fraction of sp³-hybridized carbons (Fsp3) is 0.600. The molecule has 0 unspecified atom stereocenters. The summed E-state index contributed by atoms with van der Waals surface area (Å²) < 4.78 is 39.7. The van der Waals surface area contributed by atoms with Crippen molar-refractivity contribution in [3.63, 3.8) is 0 Å². The van der Waals surface area contributed by atoms with E-state index in [-0.39, 0.29) is 17.0 Å². The van der Waals surface area contributed by atoms with E-state index in [0.29, 0.717) is 18.7 Å². The van der Waals surface area contributed by atoms with Gasteiger partial charge in [0.05, 0.1) is 5.75 Å². The molecule has 1 aromatic rings. The summed E-state index contributed by atoms with van der Waals surface area (Å²) in [4.78, 5) is 0. The van der Waals surface area contributed by atoms with Crippen LogP contribution >= 0.6 is 0 Å². The van der Waals surface area contributed by atoms with Gasteiger partial charge in [0.2, 0.25) is 10.0 Å². The lowest BCUT2D eigenvalue weighted by Crippen LogP contribution is -2.47. The van der Waals surface area contributed by atoms with Crippen molar-refractivity contribution in [3.8, 4) is 0 Å². The van der Waals surface area contributed by atoms with Crippen LogP contribution in [0.15, 0.2) is 24.3 Å². The predicted molar refractivity (Wildman–Crippen MR) is 79.8 cm³/mol. The van der Waals surface area contributed by atoms with Gasteiger partial charge in [-0.1, -0.05) is 12.1 Å². The SMILES string of the molecule is O=S(=O)(Cc1ccc(F)cc1)N1CCC[C@]2(CCNC2)C1. The van der Waals surface area contributed by atoms with Gasteiger partial charge < -0.3 is 5.32 Å².